The largest absolute Gasteiger partial charge is 0.573 e. The van der Waals surface area contributed by atoms with Gasteiger partial charge in [-0.25, -0.2) is 4.98 Å². The molecule has 0 saturated heterocycles. The van der Waals surface area contributed by atoms with Crippen LogP contribution in [0.25, 0.3) is 0 Å². The number of nitrogens with two attached hydrogens (primary N) is 1. The maximum absolute atomic E-state index is 12.1. The fourth-order valence-electron chi connectivity index (χ4n) is 2.87. The van der Waals surface area contributed by atoms with Crippen molar-refractivity contribution in [1.29, 1.82) is 0 Å². The molecule has 1 aromatic heterocycles. The van der Waals surface area contributed by atoms with Crippen molar-refractivity contribution < 1.29 is 17.9 Å². The first-order valence-electron chi connectivity index (χ1n) is 8.79. The minimum absolute atomic E-state index is 0.220. The second kappa shape index (κ2) is 8.60. The summed E-state index contributed by atoms with van der Waals surface area (Å²) in [4.78, 5) is 10.4. The molecule has 0 unspecified atom stereocenters. The van der Waals surface area contributed by atoms with Gasteiger partial charge in [0.05, 0.1) is 10.7 Å². The van der Waals surface area contributed by atoms with Gasteiger partial charge in [0, 0.05) is 23.5 Å². The van der Waals surface area contributed by atoms with Crippen LogP contribution in [0.1, 0.15) is 34.8 Å². The molecule has 1 aromatic carbocycles. The van der Waals surface area contributed by atoms with Crippen LogP contribution in [0.5, 0.6) is 5.75 Å². The van der Waals surface area contributed by atoms with Crippen molar-refractivity contribution in [1.82, 2.24) is 4.98 Å². The Balaban J connectivity index is 1.43. The number of alkyl halides is 3. The zero-order valence-electron chi connectivity index (χ0n) is 14.7. The number of aryl methyl sites for hydroxylation is 3. The van der Waals surface area contributed by atoms with Crippen LogP contribution < -0.4 is 15.8 Å². The molecule has 0 amide bonds. The molecule has 5 nitrogen and oxygen atoms in total. The summed E-state index contributed by atoms with van der Waals surface area (Å²) in [6.45, 7) is 0.554. The Morgan fingerprint density at radius 3 is 2.67 bits per heavy atom. The quantitative estimate of drug-likeness (QED) is 0.433. The first kappa shape index (κ1) is 19.5. The molecule has 2 aromatic rings. The molecule has 0 atom stereocenters. The SMILES string of the molecule is NC(=NCCCc1nc2c(s1)CCCC2)Nc1ccc(OC(F)(F)F)cc1. The number of nitrogens with zero attached hydrogens (tertiary/aromatic N) is 2. The zero-order valence-corrected chi connectivity index (χ0v) is 15.5. The Labute approximate surface area is 159 Å². The van der Waals surface area contributed by atoms with Gasteiger partial charge in [-0.3, -0.25) is 4.99 Å². The zero-order chi connectivity index (χ0) is 19.3. The fourth-order valence-corrected chi connectivity index (χ4v) is 4.07. The topological polar surface area (TPSA) is 72.5 Å². The Kier molecular flexibility index (Phi) is 6.20. The summed E-state index contributed by atoms with van der Waals surface area (Å²) >= 11 is 1.80. The number of hydrogen-bond donors (Lipinski definition) is 2. The molecule has 146 valence electrons. The van der Waals surface area contributed by atoms with Crippen molar-refractivity contribution in [2.75, 3.05) is 11.9 Å². The van der Waals surface area contributed by atoms with Crippen molar-refractivity contribution >= 4 is 23.0 Å². The van der Waals surface area contributed by atoms with Crippen LogP contribution >= 0.6 is 11.3 Å². The van der Waals surface area contributed by atoms with Crippen molar-refractivity contribution in [3.05, 3.63) is 39.8 Å². The maximum atomic E-state index is 12.1. The van der Waals surface area contributed by atoms with Crippen molar-refractivity contribution in [2.24, 2.45) is 10.7 Å². The van der Waals surface area contributed by atoms with Gasteiger partial charge in [0.25, 0.3) is 0 Å². The lowest BCUT2D eigenvalue weighted by molar-refractivity contribution is -0.274. The van der Waals surface area contributed by atoms with Crippen LogP contribution in [0.3, 0.4) is 0 Å². The molecule has 0 saturated carbocycles. The van der Waals surface area contributed by atoms with Gasteiger partial charge in [0.15, 0.2) is 5.96 Å². The fraction of sp³-hybridized carbons (Fsp3) is 0.444. The number of rotatable bonds is 6. The Morgan fingerprint density at radius 2 is 1.96 bits per heavy atom. The molecule has 1 aliphatic carbocycles. The Bertz CT molecular complexity index is 763. The molecule has 0 aliphatic heterocycles. The van der Waals surface area contributed by atoms with E-state index in [1.807, 2.05) is 0 Å². The Morgan fingerprint density at radius 1 is 1.22 bits per heavy atom. The number of anilines is 1. The molecular weight excluding hydrogens is 377 g/mol. The molecule has 0 spiro atoms. The van der Waals surface area contributed by atoms with Crippen LogP contribution in [-0.2, 0) is 19.3 Å². The predicted octanol–water partition coefficient (Wildman–Crippen LogP) is 4.28. The lowest BCUT2D eigenvalue weighted by atomic mass is 10.0. The smallest absolute Gasteiger partial charge is 0.406 e. The number of aliphatic imine (C=N–C) groups is 1. The molecule has 1 aliphatic rings. The van der Waals surface area contributed by atoms with E-state index in [2.05, 4.69) is 15.0 Å². The summed E-state index contributed by atoms with van der Waals surface area (Å²) in [6.07, 6.45) is 1.73. The highest BCUT2D eigenvalue weighted by Crippen LogP contribution is 2.27. The lowest BCUT2D eigenvalue weighted by Gasteiger charge is -2.10. The van der Waals surface area contributed by atoms with Crippen molar-refractivity contribution in [2.45, 2.75) is 44.9 Å². The van der Waals surface area contributed by atoms with E-state index in [9.17, 15) is 13.2 Å². The summed E-state index contributed by atoms with van der Waals surface area (Å²) in [5, 5.41) is 4.00. The molecule has 0 radical (unpaired) electrons. The van der Waals surface area contributed by atoms with Gasteiger partial charge in [0.1, 0.15) is 5.75 Å². The van der Waals surface area contributed by atoms with E-state index >= 15 is 0 Å². The highest BCUT2D eigenvalue weighted by Gasteiger charge is 2.30. The molecule has 27 heavy (non-hydrogen) atoms. The number of halogens is 3. The maximum Gasteiger partial charge on any atom is 0.573 e. The van der Waals surface area contributed by atoms with Crippen LogP contribution in [0.2, 0.25) is 0 Å². The van der Waals surface area contributed by atoms with E-state index in [0.29, 0.717) is 12.2 Å². The van der Waals surface area contributed by atoms with E-state index in [0.717, 1.165) is 30.7 Å². The van der Waals surface area contributed by atoms with Crippen LogP contribution in [0.15, 0.2) is 29.3 Å². The van der Waals surface area contributed by atoms with Gasteiger partial charge < -0.3 is 15.8 Å². The number of fused-ring (bicyclic) bond motifs is 1. The van der Waals surface area contributed by atoms with E-state index in [1.165, 1.54) is 47.7 Å². The molecule has 1 heterocycles. The second-order valence-corrected chi connectivity index (χ2v) is 7.42. The second-order valence-electron chi connectivity index (χ2n) is 6.25. The number of guanidine groups is 1. The monoisotopic (exact) mass is 398 g/mol. The van der Waals surface area contributed by atoms with E-state index in [4.69, 9.17) is 10.7 Å². The molecule has 3 N–H and O–H groups in total. The van der Waals surface area contributed by atoms with E-state index in [1.54, 1.807) is 11.3 Å². The summed E-state index contributed by atoms with van der Waals surface area (Å²) in [7, 11) is 0. The molecule has 9 heteroatoms. The average molecular weight is 398 g/mol. The molecular formula is C18H21F3N4OS. The average Bonchev–Trinajstić information content (AvgIpc) is 3.02. The van der Waals surface area contributed by atoms with Crippen LogP contribution in [0.4, 0.5) is 18.9 Å². The Hall–Kier alpha value is -2.29. The van der Waals surface area contributed by atoms with Crippen molar-refractivity contribution in [3.63, 3.8) is 0 Å². The van der Waals surface area contributed by atoms with E-state index in [-0.39, 0.29) is 11.7 Å². The van der Waals surface area contributed by atoms with E-state index < -0.39 is 6.36 Å². The number of benzene rings is 1. The van der Waals surface area contributed by atoms with Gasteiger partial charge in [-0.15, -0.1) is 24.5 Å². The number of nitrogens with one attached hydrogen (secondary N) is 1. The normalized spacial score (nSPS) is 14.7. The number of thiazole rings is 1. The standard InChI is InChI=1S/C18H21F3N4OS/c19-18(20,21)26-13-9-7-12(8-10-13)24-17(22)23-11-3-6-16-25-14-4-1-2-5-15(14)27-16/h7-10H,1-6,11H2,(H3,22,23,24). The van der Waals surface area contributed by atoms with Crippen LogP contribution in [0, 0.1) is 0 Å². The minimum atomic E-state index is -4.70. The molecule has 0 fully saturated rings. The first-order valence-corrected chi connectivity index (χ1v) is 9.61. The minimum Gasteiger partial charge on any atom is -0.406 e. The number of aromatic nitrogens is 1. The lowest BCUT2D eigenvalue weighted by Crippen LogP contribution is -2.23. The third-order valence-electron chi connectivity index (χ3n) is 4.08. The third kappa shape index (κ3) is 6.13. The number of hydrogen-bond acceptors (Lipinski definition) is 4. The summed E-state index contributed by atoms with van der Waals surface area (Å²) in [5.74, 6) is -0.0624. The third-order valence-corrected chi connectivity index (χ3v) is 5.30. The number of ether oxygens (including phenoxy) is 1. The highest BCUT2D eigenvalue weighted by molar-refractivity contribution is 7.11. The van der Waals surface area contributed by atoms with Crippen molar-refractivity contribution in [3.8, 4) is 5.75 Å². The van der Waals surface area contributed by atoms with Gasteiger partial charge in [-0.1, -0.05) is 0 Å². The van der Waals surface area contributed by atoms with Gasteiger partial charge in [-0.2, -0.15) is 0 Å². The summed E-state index contributed by atoms with van der Waals surface area (Å²) in [5.41, 5.74) is 7.63. The summed E-state index contributed by atoms with van der Waals surface area (Å²) in [6, 6.07) is 5.33. The summed E-state index contributed by atoms with van der Waals surface area (Å²) < 4.78 is 40.2. The first-order chi connectivity index (χ1) is 12.9. The van der Waals surface area contributed by atoms with Crippen LogP contribution in [-0.4, -0.2) is 23.9 Å². The molecule has 3 rings (SSSR count). The van der Waals surface area contributed by atoms with Gasteiger partial charge >= 0.3 is 6.36 Å². The van der Waals surface area contributed by atoms with Gasteiger partial charge in [-0.05, 0) is 56.4 Å². The van der Waals surface area contributed by atoms with Gasteiger partial charge in [0.2, 0.25) is 0 Å². The highest BCUT2D eigenvalue weighted by atomic mass is 32.1. The molecule has 0 bridgehead atoms. The predicted molar refractivity (Wildman–Crippen MR) is 100 cm³/mol.